The van der Waals surface area contributed by atoms with Gasteiger partial charge in [0.25, 0.3) is 0 Å². The van der Waals surface area contributed by atoms with Crippen molar-refractivity contribution in [1.29, 1.82) is 0 Å². The summed E-state index contributed by atoms with van der Waals surface area (Å²) in [5, 5.41) is 6.28. The molecule has 29 heavy (non-hydrogen) atoms. The molecule has 1 aliphatic heterocycles. The summed E-state index contributed by atoms with van der Waals surface area (Å²) in [6.45, 7) is 0.607. The van der Waals surface area contributed by atoms with Crippen LogP contribution in [0.2, 0.25) is 0 Å². The molecular weight excluding hydrogens is 385 g/mol. The second-order valence-corrected chi connectivity index (χ2v) is 6.63. The molecule has 0 spiro atoms. The van der Waals surface area contributed by atoms with Gasteiger partial charge in [0.05, 0.1) is 19.0 Å². The number of amides is 2. The van der Waals surface area contributed by atoms with Gasteiger partial charge in [0.2, 0.25) is 0 Å². The first-order valence-corrected chi connectivity index (χ1v) is 8.84. The van der Waals surface area contributed by atoms with Crippen LogP contribution in [-0.4, -0.2) is 41.3 Å². The first kappa shape index (κ1) is 18.9. The molecular formula is C20H17F3N4O2. The SMILES string of the molecule is COc1cc(F)cc(CN2CCN(c3cc(F)c(-c4cn[nH]c4)cc3F)C2=O)c1. The molecule has 3 aromatic rings. The smallest absolute Gasteiger partial charge is 0.325 e. The van der Waals surface area contributed by atoms with Crippen LogP contribution in [0.5, 0.6) is 5.75 Å². The van der Waals surface area contributed by atoms with Gasteiger partial charge in [-0.2, -0.15) is 5.10 Å². The van der Waals surface area contributed by atoms with Gasteiger partial charge in [-0.05, 0) is 23.8 Å². The molecule has 4 rings (SSSR count). The fraction of sp³-hybridized carbons (Fsp3) is 0.200. The number of anilines is 1. The largest absolute Gasteiger partial charge is 0.497 e. The Morgan fingerprint density at radius 2 is 1.93 bits per heavy atom. The zero-order chi connectivity index (χ0) is 20.5. The van der Waals surface area contributed by atoms with Crippen molar-refractivity contribution in [2.24, 2.45) is 0 Å². The molecule has 1 aromatic heterocycles. The maximum absolute atomic E-state index is 14.7. The van der Waals surface area contributed by atoms with E-state index in [9.17, 15) is 18.0 Å². The van der Waals surface area contributed by atoms with Crippen LogP contribution in [-0.2, 0) is 6.54 Å². The molecule has 0 unspecified atom stereocenters. The Labute approximate surface area is 164 Å². The number of rotatable bonds is 5. The Morgan fingerprint density at radius 3 is 2.66 bits per heavy atom. The summed E-state index contributed by atoms with van der Waals surface area (Å²) in [5.41, 5.74) is 0.857. The van der Waals surface area contributed by atoms with Gasteiger partial charge in [0.1, 0.15) is 23.2 Å². The predicted octanol–water partition coefficient (Wildman–Crippen LogP) is 3.94. The van der Waals surface area contributed by atoms with Crippen LogP contribution < -0.4 is 9.64 Å². The third-order valence-electron chi connectivity index (χ3n) is 4.77. The van der Waals surface area contributed by atoms with Crippen molar-refractivity contribution in [3.05, 3.63) is 65.7 Å². The number of aromatic amines is 1. The van der Waals surface area contributed by atoms with Gasteiger partial charge in [0, 0.05) is 49.1 Å². The number of urea groups is 1. The van der Waals surface area contributed by atoms with Gasteiger partial charge < -0.3 is 9.64 Å². The Balaban J connectivity index is 1.56. The second kappa shape index (κ2) is 7.50. The van der Waals surface area contributed by atoms with Crippen LogP contribution >= 0.6 is 0 Å². The number of nitrogens with one attached hydrogen (secondary N) is 1. The number of hydrogen-bond acceptors (Lipinski definition) is 3. The Hall–Kier alpha value is -3.49. The number of H-pyrrole nitrogens is 1. The topological polar surface area (TPSA) is 61.5 Å². The van der Waals surface area contributed by atoms with Crippen molar-refractivity contribution in [3.8, 4) is 16.9 Å². The van der Waals surface area contributed by atoms with Gasteiger partial charge in [-0.25, -0.2) is 18.0 Å². The number of aromatic nitrogens is 2. The molecule has 1 saturated heterocycles. The Morgan fingerprint density at radius 1 is 1.10 bits per heavy atom. The molecule has 1 fully saturated rings. The van der Waals surface area contributed by atoms with Gasteiger partial charge in [0.15, 0.2) is 0 Å². The zero-order valence-corrected chi connectivity index (χ0v) is 15.5. The monoisotopic (exact) mass is 402 g/mol. The molecule has 6 nitrogen and oxygen atoms in total. The summed E-state index contributed by atoms with van der Waals surface area (Å²) < 4.78 is 47.9. The molecule has 1 aliphatic rings. The predicted molar refractivity (Wildman–Crippen MR) is 100 cm³/mol. The number of carbonyl (C=O) groups excluding carboxylic acids is 1. The molecule has 2 aromatic carbocycles. The van der Waals surface area contributed by atoms with Crippen LogP contribution in [0.1, 0.15) is 5.56 Å². The van der Waals surface area contributed by atoms with Crippen LogP contribution in [0.4, 0.5) is 23.7 Å². The number of nitrogens with zero attached hydrogens (tertiary/aromatic N) is 3. The van der Waals surface area contributed by atoms with E-state index in [-0.39, 0.29) is 24.3 Å². The van der Waals surface area contributed by atoms with E-state index in [0.717, 1.165) is 12.1 Å². The lowest BCUT2D eigenvalue weighted by atomic mass is 10.1. The molecule has 2 amide bonds. The molecule has 0 aliphatic carbocycles. The highest BCUT2D eigenvalue weighted by Crippen LogP contribution is 2.31. The lowest BCUT2D eigenvalue weighted by Crippen LogP contribution is -2.32. The van der Waals surface area contributed by atoms with Crippen molar-refractivity contribution >= 4 is 11.7 Å². The summed E-state index contributed by atoms with van der Waals surface area (Å²) in [6, 6.07) is 5.73. The van der Waals surface area contributed by atoms with Crippen molar-refractivity contribution in [1.82, 2.24) is 15.1 Å². The maximum atomic E-state index is 14.7. The average molecular weight is 402 g/mol. The summed E-state index contributed by atoms with van der Waals surface area (Å²) in [5.74, 6) is -1.52. The molecule has 2 heterocycles. The van der Waals surface area contributed by atoms with Gasteiger partial charge in [-0.3, -0.25) is 10.00 Å². The average Bonchev–Trinajstić information content (AvgIpc) is 3.34. The van der Waals surface area contributed by atoms with Crippen LogP contribution in [0.25, 0.3) is 11.1 Å². The minimum atomic E-state index is -0.717. The third kappa shape index (κ3) is 3.63. The van der Waals surface area contributed by atoms with E-state index in [0.29, 0.717) is 23.4 Å². The number of benzene rings is 2. The zero-order valence-electron chi connectivity index (χ0n) is 15.5. The van der Waals surface area contributed by atoms with Gasteiger partial charge >= 0.3 is 6.03 Å². The first-order chi connectivity index (χ1) is 14.0. The number of halogens is 3. The van der Waals surface area contributed by atoms with E-state index in [2.05, 4.69) is 10.2 Å². The van der Waals surface area contributed by atoms with Crippen molar-refractivity contribution < 1.29 is 22.7 Å². The molecule has 0 atom stereocenters. The Kier molecular flexibility index (Phi) is 4.87. The minimum absolute atomic E-state index is 0.0513. The quantitative estimate of drug-likeness (QED) is 0.703. The highest BCUT2D eigenvalue weighted by Gasteiger charge is 2.32. The number of methoxy groups -OCH3 is 1. The summed E-state index contributed by atoms with van der Waals surface area (Å²) in [4.78, 5) is 15.4. The van der Waals surface area contributed by atoms with Crippen LogP contribution in [0.3, 0.4) is 0 Å². The van der Waals surface area contributed by atoms with E-state index in [4.69, 9.17) is 4.74 Å². The van der Waals surface area contributed by atoms with Crippen molar-refractivity contribution in [3.63, 3.8) is 0 Å². The second-order valence-electron chi connectivity index (χ2n) is 6.63. The fourth-order valence-corrected chi connectivity index (χ4v) is 3.37. The number of carbonyl (C=O) groups is 1. The number of ether oxygens (including phenoxy) is 1. The summed E-state index contributed by atoms with van der Waals surface area (Å²) in [7, 11) is 1.42. The lowest BCUT2D eigenvalue weighted by Gasteiger charge is -2.20. The molecule has 0 saturated carbocycles. The summed E-state index contributed by atoms with van der Waals surface area (Å²) >= 11 is 0. The van der Waals surface area contributed by atoms with Crippen LogP contribution in [0, 0.1) is 17.5 Å². The van der Waals surface area contributed by atoms with E-state index >= 15 is 0 Å². The lowest BCUT2D eigenvalue weighted by molar-refractivity contribution is 0.218. The van der Waals surface area contributed by atoms with Crippen molar-refractivity contribution in [2.45, 2.75) is 6.54 Å². The van der Waals surface area contributed by atoms with E-state index in [1.54, 1.807) is 6.07 Å². The molecule has 150 valence electrons. The molecule has 9 heteroatoms. The van der Waals surface area contributed by atoms with E-state index in [1.807, 2.05) is 0 Å². The maximum Gasteiger partial charge on any atom is 0.325 e. The van der Waals surface area contributed by atoms with Crippen molar-refractivity contribution in [2.75, 3.05) is 25.1 Å². The van der Waals surface area contributed by atoms with E-state index in [1.165, 1.54) is 41.4 Å². The van der Waals surface area contributed by atoms with E-state index < -0.39 is 23.5 Å². The molecule has 1 N–H and O–H groups in total. The Bertz CT molecular complexity index is 1060. The third-order valence-corrected chi connectivity index (χ3v) is 4.77. The van der Waals surface area contributed by atoms with Gasteiger partial charge in [-0.1, -0.05) is 0 Å². The molecule has 0 radical (unpaired) electrons. The molecule has 0 bridgehead atoms. The standard InChI is InChI=1S/C20H17F3N4O2/c1-29-15-5-12(4-14(21)6-15)11-26-2-3-27(20(26)28)19-8-17(22)16(7-18(19)23)13-9-24-25-10-13/h4-10H,2-3,11H2,1H3,(H,24,25). The normalized spacial score (nSPS) is 14.0. The summed E-state index contributed by atoms with van der Waals surface area (Å²) in [6.07, 6.45) is 2.83. The first-order valence-electron chi connectivity index (χ1n) is 8.84. The minimum Gasteiger partial charge on any atom is -0.497 e. The highest BCUT2D eigenvalue weighted by atomic mass is 19.1. The van der Waals surface area contributed by atoms with Crippen LogP contribution in [0.15, 0.2) is 42.7 Å². The number of hydrogen-bond donors (Lipinski definition) is 1. The van der Waals surface area contributed by atoms with Gasteiger partial charge in [-0.15, -0.1) is 0 Å². The highest BCUT2D eigenvalue weighted by molar-refractivity contribution is 5.94. The fourth-order valence-electron chi connectivity index (χ4n) is 3.37.